The highest BCUT2D eigenvalue weighted by Crippen LogP contribution is 2.28. The van der Waals surface area contributed by atoms with Crippen molar-refractivity contribution < 1.29 is 9.63 Å². The van der Waals surface area contributed by atoms with Gasteiger partial charge in [0.05, 0.1) is 5.56 Å². The van der Waals surface area contributed by atoms with Crippen molar-refractivity contribution in [2.24, 2.45) is 0 Å². The minimum absolute atomic E-state index is 0.129. The number of aryl methyl sites for hydroxylation is 1. The molecule has 0 radical (unpaired) electrons. The predicted molar refractivity (Wildman–Crippen MR) is 76.2 cm³/mol. The molecule has 0 aliphatic carbocycles. The summed E-state index contributed by atoms with van der Waals surface area (Å²) in [5.74, 6) is 0.965. The average molecular weight is 266 g/mol. The molecule has 1 N–H and O–H groups in total. The summed E-state index contributed by atoms with van der Waals surface area (Å²) in [6.07, 6.45) is 0.996. The van der Waals surface area contributed by atoms with Crippen LogP contribution in [0.25, 0.3) is 22.8 Å². The van der Waals surface area contributed by atoms with Crippen LogP contribution in [-0.2, 0) is 6.42 Å². The molecule has 0 spiro atoms. The quantitative estimate of drug-likeness (QED) is 0.785. The molecule has 1 aromatic heterocycles. The number of phenols is 1. The maximum Gasteiger partial charge on any atom is 0.261 e. The Balaban J connectivity index is 1.95. The Morgan fingerprint density at radius 1 is 1.05 bits per heavy atom. The number of benzene rings is 2. The van der Waals surface area contributed by atoms with Gasteiger partial charge in [-0.15, -0.1) is 0 Å². The standard InChI is InChI=1S/C16H14N2O2/c1-2-11-7-9-12(10-8-11)15-17-16(20-18-15)13-5-3-4-6-14(13)19/h3-10,19H,2H2,1H3. The van der Waals surface area contributed by atoms with Crippen LogP contribution in [-0.4, -0.2) is 15.2 Å². The molecule has 3 rings (SSSR count). The molecular formula is C16H14N2O2. The van der Waals surface area contributed by atoms with Crippen LogP contribution in [0.1, 0.15) is 12.5 Å². The van der Waals surface area contributed by atoms with Crippen molar-refractivity contribution in [1.82, 2.24) is 10.1 Å². The van der Waals surface area contributed by atoms with Gasteiger partial charge < -0.3 is 9.63 Å². The minimum Gasteiger partial charge on any atom is -0.507 e. The zero-order valence-electron chi connectivity index (χ0n) is 11.1. The SMILES string of the molecule is CCc1ccc(-c2noc(-c3ccccc3O)n2)cc1. The Bertz CT molecular complexity index is 717. The summed E-state index contributed by atoms with van der Waals surface area (Å²) in [7, 11) is 0. The fraction of sp³-hybridized carbons (Fsp3) is 0.125. The molecule has 2 aromatic carbocycles. The number of phenolic OH excluding ortho intramolecular Hbond substituents is 1. The van der Waals surface area contributed by atoms with Crippen LogP contribution in [0.2, 0.25) is 0 Å². The highest BCUT2D eigenvalue weighted by atomic mass is 16.5. The zero-order valence-corrected chi connectivity index (χ0v) is 11.1. The molecule has 0 unspecified atom stereocenters. The molecule has 0 fully saturated rings. The fourth-order valence-electron chi connectivity index (χ4n) is 1.99. The molecule has 0 amide bonds. The summed E-state index contributed by atoms with van der Waals surface area (Å²) in [6, 6.07) is 14.9. The van der Waals surface area contributed by atoms with Crippen LogP contribution in [0.15, 0.2) is 53.1 Å². The number of aromatic nitrogens is 2. The molecule has 4 heteroatoms. The molecule has 0 aliphatic heterocycles. The van der Waals surface area contributed by atoms with E-state index in [0.717, 1.165) is 12.0 Å². The maximum atomic E-state index is 9.78. The molecule has 0 saturated heterocycles. The molecule has 0 bridgehead atoms. The van der Waals surface area contributed by atoms with Crippen LogP contribution in [0.5, 0.6) is 5.75 Å². The first-order valence-corrected chi connectivity index (χ1v) is 6.49. The van der Waals surface area contributed by atoms with Crippen molar-refractivity contribution >= 4 is 0 Å². The third-order valence-electron chi connectivity index (χ3n) is 3.18. The van der Waals surface area contributed by atoms with Crippen LogP contribution in [0.4, 0.5) is 0 Å². The highest BCUT2D eigenvalue weighted by Gasteiger charge is 2.13. The number of hydrogen-bond donors (Lipinski definition) is 1. The number of rotatable bonds is 3. The largest absolute Gasteiger partial charge is 0.507 e. The van der Waals surface area contributed by atoms with Gasteiger partial charge in [0.2, 0.25) is 5.82 Å². The summed E-state index contributed by atoms with van der Waals surface area (Å²) in [5.41, 5.74) is 2.70. The van der Waals surface area contributed by atoms with Crippen molar-refractivity contribution in [2.75, 3.05) is 0 Å². The van der Waals surface area contributed by atoms with Gasteiger partial charge in [-0.05, 0) is 24.1 Å². The predicted octanol–water partition coefficient (Wildman–Crippen LogP) is 3.67. The third-order valence-corrected chi connectivity index (χ3v) is 3.18. The molecule has 0 saturated carbocycles. The van der Waals surface area contributed by atoms with Crippen LogP contribution >= 0.6 is 0 Å². The minimum atomic E-state index is 0.129. The normalized spacial score (nSPS) is 10.7. The van der Waals surface area contributed by atoms with Gasteiger partial charge in [-0.2, -0.15) is 4.98 Å². The Morgan fingerprint density at radius 2 is 1.80 bits per heavy atom. The lowest BCUT2D eigenvalue weighted by Crippen LogP contribution is -1.84. The molecule has 0 atom stereocenters. The Labute approximate surface area is 116 Å². The van der Waals surface area contributed by atoms with E-state index in [4.69, 9.17) is 4.52 Å². The molecular weight excluding hydrogens is 252 g/mol. The van der Waals surface area contributed by atoms with Gasteiger partial charge in [0, 0.05) is 5.56 Å². The van der Waals surface area contributed by atoms with E-state index in [1.165, 1.54) is 5.56 Å². The summed E-state index contributed by atoms with van der Waals surface area (Å²) < 4.78 is 5.22. The number of hydrogen-bond acceptors (Lipinski definition) is 4. The van der Waals surface area contributed by atoms with E-state index >= 15 is 0 Å². The first-order valence-electron chi connectivity index (χ1n) is 6.49. The summed E-state index contributed by atoms with van der Waals surface area (Å²) in [5, 5.41) is 13.7. The van der Waals surface area contributed by atoms with Crippen LogP contribution in [0.3, 0.4) is 0 Å². The van der Waals surface area contributed by atoms with Gasteiger partial charge in [-0.25, -0.2) is 0 Å². The second kappa shape index (κ2) is 5.17. The van der Waals surface area contributed by atoms with Gasteiger partial charge in [0.15, 0.2) is 0 Å². The van der Waals surface area contributed by atoms with Gasteiger partial charge >= 0.3 is 0 Å². The van der Waals surface area contributed by atoms with E-state index in [-0.39, 0.29) is 5.75 Å². The maximum absolute atomic E-state index is 9.78. The average Bonchev–Trinajstić information content (AvgIpc) is 2.97. The van der Waals surface area contributed by atoms with Crippen molar-refractivity contribution in [1.29, 1.82) is 0 Å². The van der Waals surface area contributed by atoms with E-state index in [1.54, 1.807) is 18.2 Å². The number of para-hydroxylation sites is 1. The smallest absolute Gasteiger partial charge is 0.261 e. The number of aromatic hydroxyl groups is 1. The van der Waals surface area contributed by atoms with Gasteiger partial charge in [0.1, 0.15) is 5.75 Å². The summed E-state index contributed by atoms with van der Waals surface area (Å²) >= 11 is 0. The monoisotopic (exact) mass is 266 g/mol. The molecule has 1 heterocycles. The zero-order chi connectivity index (χ0) is 13.9. The fourth-order valence-corrected chi connectivity index (χ4v) is 1.99. The Morgan fingerprint density at radius 3 is 2.50 bits per heavy atom. The van der Waals surface area contributed by atoms with E-state index in [2.05, 4.69) is 17.1 Å². The van der Waals surface area contributed by atoms with E-state index in [1.807, 2.05) is 30.3 Å². The van der Waals surface area contributed by atoms with Crippen molar-refractivity contribution in [3.05, 3.63) is 54.1 Å². The molecule has 4 nitrogen and oxygen atoms in total. The Kier molecular flexibility index (Phi) is 3.21. The van der Waals surface area contributed by atoms with Crippen molar-refractivity contribution in [3.8, 4) is 28.6 Å². The second-order valence-electron chi connectivity index (χ2n) is 4.49. The molecule has 20 heavy (non-hydrogen) atoms. The highest BCUT2D eigenvalue weighted by molar-refractivity contribution is 5.64. The second-order valence-corrected chi connectivity index (χ2v) is 4.49. The van der Waals surface area contributed by atoms with Gasteiger partial charge in [0.25, 0.3) is 5.89 Å². The van der Waals surface area contributed by atoms with Gasteiger partial charge in [-0.1, -0.05) is 48.5 Å². The topological polar surface area (TPSA) is 59.2 Å². The van der Waals surface area contributed by atoms with Crippen molar-refractivity contribution in [3.63, 3.8) is 0 Å². The summed E-state index contributed by atoms with van der Waals surface area (Å²) in [6.45, 7) is 2.11. The summed E-state index contributed by atoms with van der Waals surface area (Å²) in [4.78, 5) is 4.33. The lowest BCUT2D eigenvalue weighted by Gasteiger charge is -1.98. The lowest BCUT2D eigenvalue weighted by molar-refractivity contribution is 0.426. The van der Waals surface area contributed by atoms with Crippen LogP contribution < -0.4 is 0 Å². The Hall–Kier alpha value is -2.62. The molecule has 3 aromatic rings. The molecule has 100 valence electrons. The van der Waals surface area contributed by atoms with E-state index in [0.29, 0.717) is 17.3 Å². The van der Waals surface area contributed by atoms with Crippen LogP contribution in [0, 0.1) is 0 Å². The van der Waals surface area contributed by atoms with E-state index < -0.39 is 0 Å². The molecule has 0 aliphatic rings. The van der Waals surface area contributed by atoms with E-state index in [9.17, 15) is 5.11 Å². The number of nitrogens with zero attached hydrogens (tertiary/aromatic N) is 2. The first kappa shape index (κ1) is 12.4. The lowest BCUT2D eigenvalue weighted by atomic mass is 10.1. The first-order chi connectivity index (χ1) is 9.78. The third kappa shape index (κ3) is 2.28. The van der Waals surface area contributed by atoms with Gasteiger partial charge in [-0.3, -0.25) is 0 Å². The van der Waals surface area contributed by atoms with Crippen molar-refractivity contribution in [2.45, 2.75) is 13.3 Å².